The molecule has 34 nitrogen and oxygen atoms in total. The number of amides is 2. The minimum absolute atomic E-state index is 0.0453. The van der Waals surface area contributed by atoms with E-state index in [9.17, 15) is 38.4 Å². The van der Waals surface area contributed by atoms with Crippen molar-refractivity contribution >= 4 is 93.6 Å². The van der Waals surface area contributed by atoms with E-state index in [4.69, 9.17) is 65.8 Å². The molecule has 0 bridgehead atoms. The predicted octanol–water partition coefficient (Wildman–Crippen LogP) is 20.8. The lowest BCUT2D eigenvalue weighted by Gasteiger charge is -2.24. The fraction of sp³-hybridized carbons (Fsp3) is 0.252. The molecule has 3 aliphatic rings. The third kappa shape index (κ3) is 25.9. The van der Waals surface area contributed by atoms with E-state index in [0.717, 1.165) is 95.6 Å². The zero-order chi connectivity index (χ0) is 107. The second kappa shape index (κ2) is 48.2. The molecule has 772 valence electrons. The lowest BCUT2D eigenvalue weighted by Crippen LogP contribution is -2.47. The highest BCUT2D eigenvalue weighted by molar-refractivity contribution is 6.25. The number of carbonyl (C=O) groups excluding carboxylic acids is 8. The lowest BCUT2D eigenvalue weighted by molar-refractivity contribution is -0.152. The number of H-pyrrole nitrogens is 1. The van der Waals surface area contributed by atoms with E-state index in [0.29, 0.717) is 93.1 Å². The van der Waals surface area contributed by atoms with Gasteiger partial charge in [0.25, 0.3) is 17.7 Å². The summed E-state index contributed by atoms with van der Waals surface area (Å²) in [7, 11) is 4.81. The Bertz CT molecular complexity index is 7380. The number of fused-ring (bicyclic) bond motifs is 3. The maximum Gasteiger partial charge on any atom is 0.408 e. The average molecular weight is 2040 g/mol. The Hall–Kier alpha value is -17.5. The summed E-state index contributed by atoms with van der Waals surface area (Å²) in [5.74, 6) is 0.867. The van der Waals surface area contributed by atoms with Gasteiger partial charge in [0, 0.05) is 100 Å². The van der Waals surface area contributed by atoms with Crippen molar-refractivity contribution in [3.05, 3.63) is 342 Å². The van der Waals surface area contributed by atoms with Crippen LogP contribution in [0.5, 0.6) is 17.2 Å². The SMILES string of the molecule is CC(C)[C@H](NC(=O)OC(C)(C)C)C(=O)OCCl.COc1ccc(C2=C(Nc3ccn(COC(=O)[C@@H](N)C(C)C)n3)Cc3c(-c4ccccc4)c(-c4ccccc4)nn3C2=O)cc1.COc1ccc(C2=C(Nc3ccn(COC(=O)[C@@H](NC(=O)OC(C)(C)C)C(C)C)n3)Cc3c(-c4ccccc4)c(-c4ccccc4)nn3C2=O)cc1.COc1ccc(C2=C(Nc3ccn[nH]3)Cc3c(-c4ccccc4)c(-c4ccccc4)nn3C2=O)cc1. The number of ether oxygens (including phenoxy) is 8. The number of halogens is 1. The van der Waals surface area contributed by atoms with Crippen molar-refractivity contribution in [3.63, 3.8) is 0 Å². The molecule has 35 heteroatoms. The van der Waals surface area contributed by atoms with Crippen LogP contribution in [0.3, 0.4) is 0 Å². The molecule has 0 saturated carbocycles. The molecule has 8 N–H and O–H groups in total. The maximum absolute atomic E-state index is 14.5. The van der Waals surface area contributed by atoms with Gasteiger partial charge in [-0.05, 0) is 129 Å². The third-order valence-electron chi connectivity index (χ3n) is 24.2. The Morgan fingerprint density at radius 3 is 0.953 bits per heavy atom. The molecule has 0 spiro atoms. The van der Waals surface area contributed by atoms with E-state index >= 15 is 0 Å². The van der Waals surface area contributed by atoms with E-state index in [1.54, 1.807) is 126 Å². The minimum atomic E-state index is -0.919. The molecule has 18 rings (SSSR count). The van der Waals surface area contributed by atoms with Crippen molar-refractivity contribution in [3.8, 4) is 84.4 Å². The van der Waals surface area contributed by atoms with Crippen molar-refractivity contribution < 1.29 is 76.3 Å². The second-order valence-corrected chi connectivity index (χ2v) is 38.4. The van der Waals surface area contributed by atoms with Gasteiger partial charge >= 0.3 is 30.1 Å². The number of allylic oxidation sites excluding steroid dienone is 6. The summed E-state index contributed by atoms with van der Waals surface area (Å²) in [4.78, 5) is 104. The highest BCUT2D eigenvalue weighted by Gasteiger charge is 2.39. The van der Waals surface area contributed by atoms with E-state index in [1.807, 2.05) is 263 Å². The van der Waals surface area contributed by atoms with Crippen LogP contribution < -0.4 is 46.5 Å². The Morgan fingerprint density at radius 1 is 0.373 bits per heavy atom. The van der Waals surface area contributed by atoms with Gasteiger partial charge in [0.05, 0.1) is 61.3 Å². The monoisotopic (exact) mass is 2040 g/mol. The normalized spacial score (nSPS) is 13.3. The first kappa shape index (κ1) is 107. The van der Waals surface area contributed by atoms with Gasteiger partial charge in [0.1, 0.15) is 69.5 Å². The van der Waals surface area contributed by atoms with Gasteiger partial charge in [-0.2, -0.15) is 44.6 Å². The van der Waals surface area contributed by atoms with Gasteiger partial charge < -0.3 is 70.2 Å². The highest BCUT2D eigenvalue weighted by atomic mass is 35.5. The standard InChI is InChI=1S/C40H42N6O6.C35H34N6O4.C29H23N5O2.C11H20ClNO4/c1-25(2)35(42-39(49)52-40(3,4)5)38(48)51-24-45-22-21-32(43-45)41-30-23-31-34(26-13-9-7-10-14-26)36(28-15-11-8-12-16-28)44-46(31)37(47)33(30)27-17-19-29(50-6)20-18-27;1-22(2)32(36)35(43)45-21-40-19-18-29(38-40)37-27-20-28-31(23-10-6-4-7-11-23)33(25-12-8-5-9-13-25)39-41(28)34(42)30(27)24-14-16-26(44-3)17-15-24;1-36-22-14-12-20(13-15-22)26-23(31-25-16-17-30-32-25)18-24-27(19-8-4-2-5-9-19)28(33-34(24)29(26)35)21-10-6-3-7-11-21;1-7(2)8(9(14)16-6-12)13-10(15)17-11(3,4)5/h7-22,25,35H,23-24H2,1-6H3,(H,41,43)(H,42,49);4-19,22,32H,20-21,36H2,1-3H3,(H,37,38);2-17H,18H2,1H3,(H2,30,31,32);7-8H,6H2,1-5H3,(H,13,15)/t35-;32-;;8-/m00.0/s1. The number of nitrogens with zero attached hydrogens (tertiary/aromatic N) is 11. The number of aromatic nitrogens is 12. The molecule has 3 aliphatic heterocycles. The summed E-state index contributed by atoms with van der Waals surface area (Å²) >= 11 is 5.30. The van der Waals surface area contributed by atoms with Gasteiger partial charge in [-0.1, -0.05) is 272 Å². The van der Waals surface area contributed by atoms with Crippen LogP contribution in [0.15, 0.2) is 309 Å². The molecular formula is C115H119ClN18O16. The van der Waals surface area contributed by atoms with Crippen molar-refractivity contribution in [1.29, 1.82) is 0 Å². The minimum Gasteiger partial charge on any atom is -0.497 e. The summed E-state index contributed by atoms with van der Waals surface area (Å²) < 4.78 is 49.5. The van der Waals surface area contributed by atoms with Crippen LogP contribution in [-0.2, 0) is 70.8 Å². The smallest absolute Gasteiger partial charge is 0.408 e. The van der Waals surface area contributed by atoms with Gasteiger partial charge in [0.2, 0.25) is 0 Å². The molecule has 0 radical (unpaired) electrons. The quantitative estimate of drug-likeness (QED) is 0.0120. The maximum atomic E-state index is 14.5. The number of hydrogen-bond acceptors (Lipinski definition) is 26. The van der Waals surface area contributed by atoms with E-state index in [2.05, 4.69) is 63.8 Å². The number of nitrogens with one attached hydrogen (secondary N) is 6. The Balaban J connectivity index is 0.000000158. The second-order valence-electron chi connectivity index (χ2n) is 38.2. The first-order valence-electron chi connectivity index (χ1n) is 48.8. The average Bonchev–Trinajstić information content (AvgIpc) is 1.59. The topological polar surface area (TPSA) is 414 Å². The number of carbonyl (C=O) groups is 8. The number of anilines is 3. The van der Waals surface area contributed by atoms with E-state index < -0.39 is 59.4 Å². The first-order valence-corrected chi connectivity index (χ1v) is 49.3. The molecule has 2 amide bonds. The summed E-state index contributed by atoms with van der Waals surface area (Å²) in [5.41, 5.74) is 23.2. The van der Waals surface area contributed by atoms with Crippen molar-refractivity contribution in [2.75, 3.05) is 43.3 Å². The van der Waals surface area contributed by atoms with Gasteiger partial charge in [-0.15, -0.1) is 0 Å². The molecule has 15 aromatic rings. The van der Waals surface area contributed by atoms with Crippen molar-refractivity contribution in [2.24, 2.45) is 23.5 Å². The zero-order valence-corrected chi connectivity index (χ0v) is 86.6. The van der Waals surface area contributed by atoms with Gasteiger partial charge in [-0.25, -0.2) is 28.5 Å². The highest BCUT2D eigenvalue weighted by Crippen LogP contribution is 2.45. The number of aromatic amines is 1. The molecule has 0 saturated heterocycles. The molecule has 6 aromatic heterocycles. The van der Waals surface area contributed by atoms with Crippen LogP contribution in [0, 0.1) is 17.8 Å². The van der Waals surface area contributed by atoms with Crippen LogP contribution in [0.25, 0.3) is 83.9 Å². The van der Waals surface area contributed by atoms with Crippen LogP contribution in [0.4, 0.5) is 27.0 Å². The number of nitrogens with two attached hydrogens (primary N) is 1. The van der Waals surface area contributed by atoms with Gasteiger partial charge in [0.15, 0.2) is 31.2 Å². The summed E-state index contributed by atoms with van der Waals surface area (Å²) in [6.07, 6.45) is 4.87. The number of rotatable bonds is 31. The number of hydrogen-bond donors (Lipinski definition) is 7. The first-order chi connectivity index (χ1) is 72.1. The van der Waals surface area contributed by atoms with E-state index in [1.165, 1.54) is 18.7 Å². The molecule has 0 aliphatic carbocycles. The summed E-state index contributed by atoms with van der Waals surface area (Å²) in [6, 6.07) is 84.5. The summed E-state index contributed by atoms with van der Waals surface area (Å²) in [5, 5.41) is 46.1. The van der Waals surface area contributed by atoms with Crippen LogP contribution in [0.2, 0.25) is 0 Å². The molecule has 0 fully saturated rings. The molecule has 9 heterocycles. The number of esters is 3. The van der Waals surface area contributed by atoms with Gasteiger partial charge in [-0.3, -0.25) is 24.3 Å². The Kier molecular flexibility index (Phi) is 34.3. The van der Waals surface area contributed by atoms with Crippen LogP contribution >= 0.6 is 11.6 Å². The van der Waals surface area contributed by atoms with Crippen molar-refractivity contribution in [1.82, 2.24) is 69.7 Å². The fourth-order valence-electron chi connectivity index (χ4n) is 17.0. The lowest BCUT2D eigenvalue weighted by atomic mass is 9.92. The fourth-order valence-corrected chi connectivity index (χ4v) is 17.1. The predicted molar refractivity (Wildman–Crippen MR) is 574 cm³/mol. The number of benzene rings is 9. The molecule has 0 unspecified atom stereocenters. The Morgan fingerprint density at radius 2 is 0.673 bits per heavy atom. The van der Waals surface area contributed by atoms with E-state index in [-0.39, 0.29) is 55.0 Å². The molecule has 150 heavy (non-hydrogen) atoms. The number of alkyl halides is 1. The van der Waals surface area contributed by atoms with Crippen LogP contribution in [0.1, 0.15) is 131 Å². The third-order valence-corrected chi connectivity index (χ3v) is 24.4. The summed E-state index contributed by atoms with van der Waals surface area (Å²) in [6.45, 7) is 21.1. The molecule has 3 atom stereocenters. The Labute approximate surface area is 873 Å². The molecule has 9 aromatic carbocycles. The molecular weight excluding hydrogens is 1920 g/mol. The largest absolute Gasteiger partial charge is 0.497 e. The number of alkyl carbamates (subject to hydrolysis) is 2. The number of methoxy groups -OCH3 is 3. The van der Waals surface area contributed by atoms with Crippen molar-refractivity contribution in [2.45, 2.75) is 145 Å². The van der Waals surface area contributed by atoms with Crippen LogP contribution in [-0.4, -0.2) is 164 Å². The zero-order valence-electron chi connectivity index (χ0n) is 85.8.